The SMILES string of the molecule is COC1CCN(C(=O)C(C)C)c2ccccc21. The first kappa shape index (κ1) is 12.1. The number of para-hydroxylation sites is 1. The topological polar surface area (TPSA) is 29.5 Å². The van der Waals surface area contributed by atoms with Crippen LogP contribution in [0.25, 0.3) is 0 Å². The van der Waals surface area contributed by atoms with Crippen molar-refractivity contribution in [3.8, 4) is 0 Å². The van der Waals surface area contributed by atoms with Crippen LogP contribution < -0.4 is 4.90 Å². The molecule has 0 saturated heterocycles. The summed E-state index contributed by atoms with van der Waals surface area (Å²) in [5, 5.41) is 0. The summed E-state index contributed by atoms with van der Waals surface area (Å²) in [7, 11) is 1.72. The lowest BCUT2D eigenvalue weighted by molar-refractivity contribution is -0.121. The average molecular weight is 233 g/mol. The Balaban J connectivity index is 2.37. The van der Waals surface area contributed by atoms with Gasteiger partial charge in [0.25, 0.3) is 0 Å². The number of ether oxygens (including phenoxy) is 1. The molecule has 0 aliphatic carbocycles. The van der Waals surface area contributed by atoms with Gasteiger partial charge in [-0.25, -0.2) is 0 Å². The molecule has 1 atom stereocenters. The molecule has 1 heterocycles. The molecular formula is C14H19NO2. The molecule has 1 unspecified atom stereocenters. The van der Waals surface area contributed by atoms with E-state index in [0.717, 1.165) is 24.2 Å². The number of carbonyl (C=O) groups excluding carboxylic acids is 1. The summed E-state index contributed by atoms with van der Waals surface area (Å²) >= 11 is 0. The Morgan fingerprint density at radius 2 is 2.12 bits per heavy atom. The molecule has 3 heteroatoms. The molecule has 3 nitrogen and oxygen atoms in total. The van der Waals surface area contributed by atoms with Gasteiger partial charge in [0.1, 0.15) is 0 Å². The summed E-state index contributed by atoms with van der Waals surface area (Å²) in [6, 6.07) is 8.01. The van der Waals surface area contributed by atoms with E-state index in [1.807, 2.05) is 43.0 Å². The largest absolute Gasteiger partial charge is 0.377 e. The quantitative estimate of drug-likeness (QED) is 0.786. The average Bonchev–Trinajstić information content (AvgIpc) is 2.36. The normalized spacial score (nSPS) is 19.3. The number of benzene rings is 1. The van der Waals surface area contributed by atoms with Crippen LogP contribution in [0, 0.1) is 5.92 Å². The highest BCUT2D eigenvalue weighted by Crippen LogP contribution is 2.35. The number of anilines is 1. The zero-order chi connectivity index (χ0) is 12.4. The van der Waals surface area contributed by atoms with Crippen LogP contribution in [-0.4, -0.2) is 19.6 Å². The third kappa shape index (κ3) is 2.20. The highest BCUT2D eigenvalue weighted by molar-refractivity contribution is 5.95. The van der Waals surface area contributed by atoms with E-state index in [2.05, 4.69) is 0 Å². The van der Waals surface area contributed by atoms with E-state index in [0.29, 0.717) is 0 Å². The van der Waals surface area contributed by atoms with E-state index in [-0.39, 0.29) is 17.9 Å². The molecule has 1 aromatic carbocycles. The van der Waals surface area contributed by atoms with Gasteiger partial charge in [-0.2, -0.15) is 0 Å². The molecule has 1 aliphatic heterocycles. The van der Waals surface area contributed by atoms with Gasteiger partial charge in [-0.1, -0.05) is 32.0 Å². The lowest BCUT2D eigenvalue weighted by atomic mass is 9.97. The molecule has 0 radical (unpaired) electrons. The Bertz CT molecular complexity index is 414. The van der Waals surface area contributed by atoms with Crippen molar-refractivity contribution in [3.05, 3.63) is 29.8 Å². The second kappa shape index (κ2) is 4.88. The second-order valence-corrected chi connectivity index (χ2v) is 4.72. The van der Waals surface area contributed by atoms with Crippen LogP contribution in [0.15, 0.2) is 24.3 Å². The molecule has 0 saturated carbocycles. The van der Waals surface area contributed by atoms with Gasteiger partial charge in [0.05, 0.1) is 6.10 Å². The number of methoxy groups -OCH3 is 1. The summed E-state index contributed by atoms with van der Waals surface area (Å²) in [5.41, 5.74) is 2.12. The fourth-order valence-corrected chi connectivity index (χ4v) is 2.31. The summed E-state index contributed by atoms with van der Waals surface area (Å²) in [6.45, 7) is 4.62. The van der Waals surface area contributed by atoms with Gasteiger partial charge >= 0.3 is 0 Å². The monoisotopic (exact) mass is 233 g/mol. The van der Waals surface area contributed by atoms with Crippen molar-refractivity contribution in [1.29, 1.82) is 0 Å². The number of amides is 1. The van der Waals surface area contributed by atoms with Crippen molar-refractivity contribution in [2.45, 2.75) is 26.4 Å². The van der Waals surface area contributed by atoms with Gasteiger partial charge in [0.15, 0.2) is 0 Å². The Morgan fingerprint density at radius 1 is 1.41 bits per heavy atom. The fraction of sp³-hybridized carbons (Fsp3) is 0.500. The lowest BCUT2D eigenvalue weighted by Crippen LogP contribution is -2.39. The lowest BCUT2D eigenvalue weighted by Gasteiger charge is -2.34. The first-order valence-corrected chi connectivity index (χ1v) is 6.08. The van der Waals surface area contributed by atoms with Crippen molar-refractivity contribution in [2.75, 3.05) is 18.6 Å². The molecule has 1 amide bonds. The van der Waals surface area contributed by atoms with Gasteiger partial charge in [0, 0.05) is 30.8 Å². The first-order chi connectivity index (χ1) is 8.15. The Labute approximate surface area is 102 Å². The molecule has 1 aromatic rings. The highest BCUT2D eigenvalue weighted by atomic mass is 16.5. The Kier molecular flexibility index (Phi) is 3.48. The third-order valence-electron chi connectivity index (χ3n) is 3.23. The predicted molar refractivity (Wildman–Crippen MR) is 68.0 cm³/mol. The van der Waals surface area contributed by atoms with Crippen LogP contribution in [-0.2, 0) is 9.53 Å². The minimum atomic E-state index is 0.0298. The van der Waals surface area contributed by atoms with Gasteiger partial charge < -0.3 is 9.64 Å². The molecule has 0 bridgehead atoms. The molecule has 0 aromatic heterocycles. The molecule has 0 N–H and O–H groups in total. The molecule has 92 valence electrons. The van der Waals surface area contributed by atoms with Gasteiger partial charge in [-0.3, -0.25) is 4.79 Å². The zero-order valence-electron chi connectivity index (χ0n) is 10.6. The number of carbonyl (C=O) groups is 1. The van der Waals surface area contributed by atoms with E-state index < -0.39 is 0 Å². The van der Waals surface area contributed by atoms with Gasteiger partial charge in [0.2, 0.25) is 5.91 Å². The second-order valence-electron chi connectivity index (χ2n) is 4.72. The summed E-state index contributed by atoms with van der Waals surface area (Å²) in [4.78, 5) is 14.0. The minimum absolute atomic E-state index is 0.0298. The van der Waals surface area contributed by atoms with Crippen molar-refractivity contribution in [3.63, 3.8) is 0 Å². The van der Waals surface area contributed by atoms with Crippen LogP contribution in [0.3, 0.4) is 0 Å². The summed E-state index contributed by atoms with van der Waals surface area (Å²) in [5.74, 6) is 0.217. The van der Waals surface area contributed by atoms with Crippen LogP contribution in [0.1, 0.15) is 31.9 Å². The van der Waals surface area contributed by atoms with Crippen LogP contribution in [0.2, 0.25) is 0 Å². The van der Waals surface area contributed by atoms with Crippen molar-refractivity contribution >= 4 is 11.6 Å². The highest BCUT2D eigenvalue weighted by Gasteiger charge is 2.29. The number of hydrogen-bond acceptors (Lipinski definition) is 2. The van der Waals surface area contributed by atoms with Gasteiger partial charge in [-0.15, -0.1) is 0 Å². The predicted octanol–water partition coefficient (Wildman–Crippen LogP) is 2.77. The third-order valence-corrected chi connectivity index (χ3v) is 3.23. The van der Waals surface area contributed by atoms with Gasteiger partial charge in [-0.05, 0) is 12.5 Å². The standard InChI is InChI=1S/C14H19NO2/c1-10(2)14(16)15-9-8-13(17-3)11-6-4-5-7-12(11)15/h4-7,10,13H,8-9H2,1-3H3. The molecular weight excluding hydrogens is 214 g/mol. The smallest absolute Gasteiger partial charge is 0.229 e. The number of nitrogens with zero attached hydrogens (tertiary/aromatic N) is 1. The molecule has 17 heavy (non-hydrogen) atoms. The van der Waals surface area contributed by atoms with Crippen molar-refractivity contribution in [2.24, 2.45) is 5.92 Å². The summed E-state index contributed by atoms with van der Waals surface area (Å²) in [6.07, 6.45) is 0.980. The zero-order valence-corrected chi connectivity index (χ0v) is 10.6. The maximum atomic E-state index is 12.1. The maximum absolute atomic E-state index is 12.1. The molecule has 0 spiro atoms. The van der Waals surface area contributed by atoms with Crippen LogP contribution in [0.4, 0.5) is 5.69 Å². The van der Waals surface area contributed by atoms with Crippen molar-refractivity contribution < 1.29 is 9.53 Å². The van der Waals surface area contributed by atoms with E-state index in [1.54, 1.807) is 7.11 Å². The minimum Gasteiger partial charge on any atom is -0.377 e. The van der Waals surface area contributed by atoms with E-state index in [1.165, 1.54) is 0 Å². The fourth-order valence-electron chi connectivity index (χ4n) is 2.31. The maximum Gasteiger partial charge on any atom is 0.229 e. The summed E-state index contributed by atoms with van der Waals surface area (Å²) < 4.78 is 5.47. The van der Waals surface area contributed by atoms with E-state index >= 15 is 0 Å². The van der Waals surface area contributed by atoms with Crippen molar-refractivity contribution in [1.82, 2.24) is 0 Å². The Hall–Kier alpha value is -1.35. The number of fused-ring (bicyclic) bond motifs is 1. The Morgan fingerprint density at radius 3 is 2.76 bits per heavy atom. The van der Waals surface area contributed by atoms with E-state index in [4.69, 9.17) is 4.74 Å². The molecule has 0 fully saturated rings. The van der Waals surface area contributed by atoms with E-state index in [9.17, 15) is 4.79 Å². The van der Waals surface area contributed by atoms with Crippen LogP contribution >= 0.6 is 0 Å². The van der Waals surface area contributed by atoms with Crippen LogP contribution in [0.5, 0.6) is 0 Å². The number of rotatable bonds is 2. The molecule has 2 rings (SSSR count). The molecule has 1 aliphatic rings. The first-order valence-electron chi connectivity index (χ1n) is 6.08. The number of hydrogen-bond donors (Lipinski definition) is 0.